The minimum Gasteiger partial charge on any atom is -0.477 e. The summed E-state index contributed by atoms with van der Waals surface area (Å²) < 4.78 is 7.09. The van der Waals surface area contributed by atoms with Gasteiger partial charge in [0.25, 0.3) is 0 Å². The highest BCUT2D eigenvalue weighted by Crippen LogP contribution is 2.42. The number of hydrogen-bond donors (Lipinski definition) is 1. The zero-order valence-electron chi connectivity index (χ0n) is 17.0. The number of carboxylic acid groups (broad SMARTS) is 1. The quantitative estimate of drug-likeness (QED) is 0.475. The molecule has 0 aliphatic heterocycles. The molecule has 0 amide bonds. The van der Waals surface area contributed by atoms with Gasteiger partial charge in [0, 0.05) is 34.7 Å². The third-order valence-corrected chi connectivity index (χ3v) is 6.76. The van der Waals surface area contributed by atoms with Crippen LogP contribution in [0.25, 0.3) is 0 Å². The average molecular weight is 417 g/mol. The van der Waals surface area contributed by atoms with Gasteiger partial charge in [-0.15, -0.1) is 11.3 Å². The fourth-order valence-corrected chi connectivity index (χ4v) is 4.91. The van der Waals surface area contributed by atoms with Gasteiger partial charge in [0.2, 0.25) is 0 Å². The third kappa shape index (κ3) is 4.78. The molecule has 2 aromatic heterocycles. The Labute approximate surface area is 175 Å². The van der Waals surface area contributed by atoms with Crippen LogP contribution in [0.15, 0.2) is 30.5 Å². The number of imidazole rings is 1. The number of nitrogens with zero attached hydrogens (tertiary/aromatic N) is 2. The molecule has 2 unspecified atom stereocenters. The standard InChI is InChI=1S/C22H28N2O4S/c1-4-5-6-20-23-12-18(16-8-7-15(11-16)14(2)22(27)28-3)24(20)13-17-9-10-19(29-17)21(25)26/h9-10,12,15-16H,2,4-8,11,13H2,1,3H3,(H,25,26). The number of aryl methyl sites for hydroxylation is 1. The van der Waals surface area contributed by atoms with E-state index in [1.165, 1.54) is 24.1 Å². The lowest BCUT2D eigenvalue weighted by Crippen LogP contribution is -2.13. The van der Waals surface area contributed by atoms with Gasteiger partial charge >= 0.3 is 11.9 Å². The number of carbonyl (C=O) groups excluding carboxylic acids is 1. The van der Waals surface area contributed by atoms with Gasteiger partial charge < -0.3 is 14.4 Å². The maximum Gasteiger partial charge on any atom is 0.345 e. The molecule has 6 nitrogen and oxygen atoms in total. The first-order valence-electron chi connectivity index (χ1n) is 10.1. The van der Waals surface area contributed by atoms with Crippen LogP contribution in [0, 0.1) is 5.92 Å². The van der Waals surface area contributed by atoms with E-state index >= 15 is 0 Å². The van der Waals surface area contributed by atoms with Crippen molar-refractivity contribution in [3.63, 3.8) is 0 Å². The van der Waals surface area contributed by atoms with Crippen LogP contribution in [0.4, 0.5) is 0 Å². The minimum absolute atomic E-state index is 0.134. The van der Waals surface area contributed by atoms with Gasteiger partial charge in [-0.3, -0.25) is 0 Å². The normalized spacial score (nSPS) is 18.7. The van der Waals surface area contributed by atoms with Crippen LogP contribution in [0.5, 0.6) is 0 Å². The average Bonchev–Trinajstić information content (AvgIpc) is 3.45. The molecule has 7 heteroatoms. The molecule has 0 aromatic carbocycles. The lowest BCUT2D eigenvalue weighted by atomic mass is 9.96. The summed E-state index contributed by atoms with van der Waals surface area (Å²) in [4.78, 5) is 29.1. The maximum atomic E-state index is 11.8. The number of carboxylic acids is 1. The van der Waals surface area contributed by atoms with Crippen molar-refractivity contribution in [1.82, 2.24) is 9.55 Å². The summed E-state index contributed by atoms with van der Waals surface area (Å²) in [5.41, 5.74) is 1.72. The zero-order valence-corrected chi connectivity index (χ0v) is 17.8. The molecule has 0 spiro atoms. The summed E-state index contributed by atoms with van der Waals surface area (Å²) in [5, 5.41) is 9.21. The second-order valence-electron chi connectivity index (χ2n) is 7.58. The molecule has 29 heavy (non-hydrogen) atoms. The number of unbranched alkanes of at least 4 members (excludes halogenated alkanes) is 1. The number of carbonyl (C=O) groups is 2. The van der Waals surface area contributed by atoms with E-state index in [1.807, 2.05) is 12.3 Å². The fraction of sp³-hybridized carbons (Fsp3) is 0.500. The van der Waals surface area contributed by atoms with Crippen molar-refractivity contribution in [3.05, 3.63) is 51.8 Å². The van der Waals surface area contributed by atoms with Crippen LogP contribution >= 0.6 is 11.3 Å². The Balaban J connectivity index is 1.83. The Morgan fingerprint density at radius 3 is 2.83 bits per heavy atom. The Morgan fingerprint density at radius 2 is 2.17 bits per heavy atom. The molecule has 2 atom stereocenters. The molecular formula is C22H28N2O4S. The molecule has 2 heterocycles. The molecule has 1 aliphatic rings. The first-order chi connectivity index (χ1) is 13.9. The molecule has 1 saturated carbocycles. The number of aromatic carboxylic acids is 1. The monoisotopic (exact) mass is 416 g/mol. The van der Waals surface area contributed by atoms with Gasteiger partial charge in [-0.25, -0.2) is 14.6 Å². The number of esters is 1. The largest absolute Gasteiger partial charge is 0.477 e. The van der Waals surface area contributed by atoms with Crippen molar-refractivity contribution in [1.29, 1.82) is 0 Å². The highest BCUT2D eigenvalue weighted by Gasteiger charge is 2.32. The number of hydrogen-bond acceptors (Lipinski definition) is 5. The maximum absolute atomic E-state index is 11.8. The van der Waals surface area contributed by atoms with E-state index in [9.17, 15) is 14.7 Å². The summed E-state index contributed by atoms with van der Waals surface area (Å²) in [6, 6.07) is 3.55. The van der Waals surface area contributed by atoms with E-state index in [0.717, 1.165) is 49.2 Å². The molecule has 1 aliphatic carbocycles. The highest BCUT2D eigenvalue weighted by molar-refractivity contribution is 7.13. The predicted molar refractivity (Wildman–Crippen MR) is 112 cm³/mol. The van der Waals surface area contributed by atoms with Crippen LogP contribution in [0.2, 0.25) is 0 Å². The SMILES string of the molecule is C=C(C(=O)OC)C1CCC(c2cnc(CCCC)n2Cc2ccc(C(=O)O)s2)C1. The third-order valence-electron chi connectivity index (χ3n) is 5.70. The van der Waals surface area contributed by atoms with Crippen molar-refractivity contribution in [2.75, 3.05) is 7.11 Å². The van der Waals surface area contributed by atoms with Crippen molar-refractivity contribution in [2.24, 2.45) is 5.92 Å². The van der Waals surface area contributed by atoms with Crippen LogP contribution < -0.4 is 0 Å². The second kappa shape index (κ2) is 9.39. The molecule has 156 valence electrons. The van der Waals surface area contributed by atoms with E-state index in [1.54, 1.807) is 6.07 Å². The predicted octanol–water partition coefficient (Wildman–Crippen LogP) is 4.65. The molecule has 0 bridgehead atoms. The van der Waals surface area contributed by atoms with Gasteiger partial charge in [0.1, 0.15) is 10.7 Å². The number of thiophene rings is 1. The van der Waals surface area contributed by atoms with Gasteiger partial charge in [0.05, 0.1) is 13.7 Å². The zero-order chi connectivity index (χ0) is 21.0. The number of ether oxygens (including phenoxy) is 1. The first-order valence-corrected chi connectivity index (χ1v) is 10.9. The van der Waals surface area contributed by atoms with Gasteiger partial charge in [-0.2, -0.15) is 0 Å². The molecular weight excluding hydrogens is 388 g/mol. The summed E-state index contributed by atoms with van der Waals surface area (Å²) in [5.74, 6) is 0.270. The van der Waals surface area contributed by atoms with E-state index in [2.05, 4.69) is 18.1 Å². The fourth-order valence-electron chi connectivity index (χ4n) is 4.07. The minimum atomic E-state index is -0.890. The van der Waals surface area contributed by atoms with Crippen LogP contribution in [-0.4, -0.2) is 33.7 Å². The first kappa shape index (κ1) is 21.3. The van der Waals surface area contributed by atoms with Crippen molar-refractivity contribution < 1.29 is 19.4 Å². The van der Waals surface area contributed by atoms with Crippen LogP contribution in [-0.2, 0) is 22.5 Å². The van der Waals surface area contributed by atoms with Crippen molar-refractivity contribution in [2.45, 2.75) is 57.9 Å². The van der Waals surface area contributed by atoms with E-state index in [-0.39, 0.29) is 11.9 Å². The Bertz CT molecular complexity index is 899. The molecule has 0 radical (unpaired) electrons. The second-order valence-corrected chi connectivity index (χ2v) is 8.75. The van der Waals surface area contributed by atoms with Crippen LogP contribution in [0.1, 0.15) is 71.0 Å². The van der Waals surface area contributed by atoms with Gasteiger partial charge in [0.15, 0.2) is 0 Å². The van der Waals surface area contributed by atoms with E-state index < -0.39 is 5.97 Å². The molecule has 1 N–H and O–H groups in total. The summed E-state index contributed by atoms with van der Waals surface area (Å²) in [7, 11) is 1.39. The summed E-state index contributed by atoms with van der Waals surface area (Å²) in [6.07, 6.45) is 7.77. The molecule has 3 rings (SSSR count). The molecule has 1 fully saturated rings. The number of methoxy groups -OCH3 is 1. The number of aromatic nitrogens is 2. The topological polar surface area (TPSA) is 81.4 Å². The number of rotatable bonds is 9. The van der Waals surface area contributed by atoms with Gasteiger partial charge in [-0.05, 0) is 43.7 Å². The summed E-state index contributed by atoms with van der Waals surface area (Å²) in [6.45, 7) is 6.73. The molecule has 2 aromatic rings. The van der Waals surface area contributed by atoms with Crippen LogP contribution in [0.3, 0.4) is 0 Å². The smallest absolute Gasteiger partial charge is 0.345 e. The van der Waals surface area contributed by atoms with Gasteiger partial charge in [-0.1, -0.05) is 19.9 Å². The highest BCUT2D eigenvalue weighted by atomic mass is 32.1. The van der Waals surface area contributed by atoms with E-state index in [4.69, 9.17) is 9.72 Å². The lowest BCUT2D eigenvalue weighted by Gasteiger charge is -2.16. The lowest BCUT2D eigenvalue weighted by molar-refractivity contribution is -0.136. The van der Waals surface area contributed by atoms with Crippen molar-refractivity contribution in [3.8, 4) is 0 Å². The van der Waals surface area contributed by atoms with E-state index in [0.29, 0.717) is 22.9 Å². The Hall–Kier alpha value is -2.41. The Kier molecular flexibility index (Phi) is 6.90. The Morgan fingerprint density at radius 1 is 1.38 bits per heavy atom. The van der Waals surface area contributed by atoms with Crippen molar-refractivity contribution >= 4 is 23.3 Å². The summed E-state index contributed by atoms with van der Waals surface area (Å²) >= 11 is 1.31. The molecule has 0 saturated heterocycles.